The maximum atomic E-state index is 12.1. The number of nitrogens with two attached hydrogens (primary N) is 1. The molecule has 132 valence electrons. The summed E-state index contributed by atoms with van der Waals surface area (Å²) < 4.78 is 5.70. The normalized spacial score (nSPS) is 13.9. The number of nitrogen functional groups attached to an aromatic ring is 1. The van der Waals surface area contributed by atoms with Crippen molar-refractivity contribution in [1.82, 2.24) is 9.88 Å². The number of hydrogen-bond donors (Lipinski definition) is 1. The molecule has 5 nitrogen and oxygen atoms in total. The summed E-state index contributed by atoms with van der Waals surface area (Å²) in [4.78, 5) is 18.1. The summed E-state index contributed by atoms with van der Waals surface area (Å²) in [6, 6.07) is 13.8. The highest BCUT2D eigenvalue weighted by Crippen LogP contribution is 2.29. The van der Waals surface area contributed by atoms with E-state index < -0.39 is 0 Å². The van der Waals surface area contributed by atoms with Crippen LogP contribution in [-0.4, -0.2) is 35.5 Å². The highest BCUT2D eigenvalue weighted by Gasteiger charge is 2.18. The number of carbonyl (C=O) groups excluding carboxylic acids is 1. The van der Waals surface area contributed by atoms with Crippen LogP contribution in [-0.2, 0) is 4.79 Å². The monoisotopic (exact) mass is 347 g/mol. The molecule has 3 aromatic rings. The van der Waals surface area contributed by atoms with E-state index in [1.165, 1.54) is 0 Å². The molecule has 1 aliphatic heterocycles. The molecule has 1 saturated heterocycles. The molecule has 0 radical (unpaired) electrons. The highest BCUT2D eigenvalue weighted by molar-refractivity contribution is 5.90. The molecule has 1 amide bonds. The summed E-state index contributed by atoms with van der Waals surface area (Å²) in [6.07, 6.45) is 5.64. The van der Waals surface area contributed by atoms with Gasteiger partial charge in [-0.2, -0.15) is 0 Å². The average Bonchev–Trinajstić information content (AvgIpc) is 3.21. The number of hydrogen-bond acceptors (Lipinski definition) is 4. The minimum absolute atomic E-state index is 0.0602. The second kappa shape index (κ2) is 7.04. The summed E-state index contributed by atoms with van der Waals surface area (Å²) >= 11 is 0. The first-order valence-corrected chi connectivity index (χ1v) is 8.85. The van der Waals surface area contributed by atoms with Gasteiger partial charge in [-0.3, -0.25) is 9.78 Å². The first-order valence-electron chi connectivity index (χ1n) is 8.85. The van der Waals surface area contributed by atoms with Crippen molar-refractivity contribution in [2.24, 2.45) is 0 Å². The number of aromatic nitrogens is 1. The number of likely N-dealkylation sites (tertiary alicyclic amines) is 1. The van der Waals surface area contributed by atoms with E-state index in [1.54, 1.807) is 18.5 Å². The molecule has 2 N–H and O–H groups in total. The van der Waals surface area contributed by atoms with Gasteiger partial charge in [0.05, 0.1) is 0 Å². The van der Waals surface area contributed by atoms with Crippen LogP contribution in [0.1, 0.15) is 12.8 Å². The van der Waals surface area contributed by atoms with Gasteiger partial charge in [0.2, 0.25) is 0 Å². The second-order valence-corrected chi connectivity index (χ2v) is 6.56. The first kappa shape index (κ1) is 16.4. The molecular weight excluding hydrogens is 326 g/mol. The fraction of sp³-hybridized carbons (Fsp3) is 0.238. The van der Waals surface area contributed by atoms with E-state index in [0.29, 0.717) is 11.4 Å². The highest BCUT2D eigenvalue weighted by atomic mass is 16.5. The summed E-state index contributed by atoms with van der Waals surface area (Å²) in [7, 11) is 0. The number of rotatable bonds is 4. The fourth-order valence-corrected chi connectivity index (χ4v) is 3.33. The molecule has 5 heteroatoms. The van der Waals surface area contributed by atoms with Gasteiger partial charge in [-0.15, -0.1) is 0 Å². The SMILES string of the molecule is Nc1ccncc1-c1ccc2cc(OCC(=O)N3CCCC3)ccc2c1. The van der Waals surface area contributed by atoms with Crippen LogP contribution >= 0.6 is 0 Å². The van der Waals surface area contributed by atoms with Crippen LogP contribution in [0.15, 0.2) is 54.9 Å². The Balaban J connectivity index is 1.52. The van der Waals surface area contributed by atoms with E-state index in [4.69, 9.17) is 10.5 Å². The molecule has 0 aliphatic carbocycles. The predicted octanol–water partition coefficient (Wildman–Crippen LogP) is 3.49. The third-order valence-corrected chi connectivity index (χ3v) is 4.80. The summed E-state index contributed by atoms with van der Waals surface area (Å²) in [5, 5.41) is 2.14. The predicted molar refractivity (Wildman–Crippen MR) is 103 cm³/mol. The summed E-state index contributed by atoms with van der Waals surface area (Å²) in [5.74, 6) is 0.767. The molecule has 4 rings (SSSR count). The van der Waals surface area contributed by atoms with Crippen molar-refractivity contribution in [1.29, 1.82) is 0 Å². The largest absolute Gasteiger partial charge is 0.484 e. The molecule has 26 heavy (non-hydrogen) atoms. The average molecular weight is 347 g/mol. The number of pyridine rings is 1. The van der Waals surface area contributed by atoms with E-state index in [0.717, 1.165) is 47.8 Å². The molecule has 1 aromatic heterocycles. The number of amides is 1. The van der Waals surface area contributed by atoms with Crippen molar-refractivity contribution in [2.45, 2.75) is 12.8 Å². The zero-order valence-electron chi connectivity index (χ0n) is 14.5. The van der Waals surface area contributed by atoms with Crippen LogP contribution in [0.4, 0.5) is 5.69 Å². The van der Waals surface area contributed by atoms with Gasteiger partial charge in [0.25, 0.3) is 5.91 Å². The summed E-state index contributed by atoms with van der Waals surface area (Å²) in [5.41, 5.74) is 8.70. The molecule has 1 aliphatic rings. The van der Waals surface area contributed by atoms with Gasteiger partial charge in [0, 0.05) is 36.7 Å². The van der Waals surface area contributed by atoms with Gasteiger partial charge in [-0.25, -0.2) is 0 Å². The fourth-order valence-electron chi connectivity index (χ4n) is 3.33. The second-order valence-electron chi connectivity index (χ2n) is 6.56. The van der Waals surface area contributed by atoms with E-state index in [2.05, 4.69) is 11.1 Å². The van der Waals surface area contributed by atoms with Crippen molar-refractivity contribution in [2.75, 3.05) is 25.4 Å². The number of fused-ring (bicyclic) bond motifs is 1. The standard InChI is InChI=1S/C21H21N3O2/c22-20-7-8-23-13-19(20)17-4-3-16-12-18(6-5-15(16)11-17)26-14-21(25)24-9-1-2-10-24/h3-8,11-13H,1-2,9-10,14H2,(H2,22,23). The minimum Gasteiger partial charge on any atom is -0.484 e. The zero-order valence-corrected chi connectivity index (χ0v) is 14.5. The number of benzene rings is 2. The summed E-state index contributed by atoms with van der Waals surface area (Å²) in [6.45, 7) is 1.79. The molecule has 0 atom stereocenters. The molecule has 2 heterocycles. The third-order valence-electron chi connectivity index (χ3n) is 4.80. The zero-order chi connectivity index (χ0) is 17.9. The van der Waals surface area contributed by atoms with Crippen molar-refractivity contribution in [3.63, 3.8) is 0 Å². The molecule has 0 bridgehead atoms. The first-order chi connectivity index (χ1) is 12.7. The lowest BCUT2D eigenvalue weighted by Crippen LogP contribution is -2.32. The van der Waals surface area contributed by atoms with Crippen LogP contribution in [0.2, 0.25) is 0 Å². The molecular formula is C21H21N3O2. The van der Waals surface area contributed by atoms with Crippen LogP contribution in [0.25, 0.3) is 21.9 Å². The molecule has 2 aromatic carbocycles. The maximum Gasteiger partial charge on any atom is 0.260 e. The number of nitrogens with zero attached hydrogens (tertiary/aromatic N) is 2. The third kappa shape index (κ3) is 3.33. The molecule has 0 spiro atoms. The Morgan fingerprint density at radius 2 is 1.85 bits per heavy atom. The lowest BCUT2D eigenvalue weighted by molar-refractivity contribution is -0.132. The van der Waals surface area contributed by atoms with Gasteiger partial charge in [-0.05, 0) is 53.4 Å². The maximum absolute atomic E-state index is 12.1. The van der Waals surface area contributed by atoms with E-state index in [1.807, 2.05) is 35.2 Å². The molecule has 0 unspecified atom stereocenters. The van der Waals surface area contributed by atoms with Crippen molar-refractivity contribution < 1.29 is 9.53 Å². The molecule has 1 fully saturated rings. The van der Waals surface area contributed by atoms with E-state index >= 15 is 0 Å². The van der Waals surface area contributed by atoms with Gasteiger partial charge in [0.15, 0.2) is 6.61 Å². The van der Waals surface area contributed by atoms with Crippen LogP contribution < -0.4 is 10.5 Å². The number of ether oxygens (including phenoxy) is 1. The van der Waals surface area contributed by atoms with Gasteiger partial charge < -0.3 is 15.4 Å². The molecule has 0 saturated carbocycles. The van der Waals surface area contributed by atoms with Gasteiger partial charge in [-0.1, -0.05) is 18.2 Å². The number of carbonyl (C=O) groups is 1. The van der Waals surface area contributed by atoms with Gasteiger partial charge >= 0.3 is 0 Å². The topological polar surface area (TPSA) is 68.5 Å². The quantitative estimate of drug-likeness (QED) is 0.784. The Labute approximate surface area is 152 Å². The lowest BCUT2D eigenvalue weighted by atomic mass is 10.0. The van der Waals surface area contributed by atoms with E-state index in [-0.39, 0.29) is 12.5 Å². The van der Waals surface area contributed by atoms with Crippen molar-refractivity contribution >= 4 is 22.4 Å². The van der Waals surface area contributed by atoms with E-state index in [9.17, 15) is 4.79 Å². The van der Waals surface area contributed by atoms with Crippen molar-refractivity contribution in [3.8, 4) is 16.9 Å². The Morgan fingerprint density at radius 1 is 1.08 bits per heavy atom. The van der Waals surface area contributed by atoms with Crippen LogP contribution in [0, 0.1) is 0 Å². The van der Waals surface area contributed by atoms with Crippen molar-refractivity contribution in [3.05, 3.63) is 54.9 Å². The van der Waals surface area contributed by atoms with Crippen LogP contribution in [0.3, 0.4) is 0 Å². The lowest BCUT2D eigenvalue weighted by Gasteiger charge is -2.15. The van der Waals surface area contributed by atoms with Gasteiger partial charge in [0.1, 0.15) is 5.75 Å². The van der Waals surface area contributed by atoms with Crippen LogP contribution in [0.5, 0.6) is 5.75 Å². The smallest absolute Gasteiger partial charge is 0.260 e. The minimum atomic E-state index is 0.0602. The number of anilines is 1. The Kier molecular flexibility index (Phi) is 4.44. The Bertz CT molecular complexity index is 949. The Morgan fingerprint density at radius 3 is 2.65 bits per heavy atom. The Hall–Kier alpha value is -3.08.